The van der Waals surface area contributed by atoms with Gasteiger partial charge in [-0.3, -0.25) is 5.10 Å². The van der Waals surface area contributed by atoms with E-state index in [1.807, 2.05) is 6.92 Å². The largest absolute Gasteiger partial charge is 0.392 e. The first-order chi connectivity index (χ1) is 9.50. The predicted octanol–water partition coefficient (Wildman–Crippen LogP) is 0.830. The van der Waals surface area contributed by atoms with Gasteiger partial charge in [0, 0.05) is 17.8 Å². The maximum Gasteiger partial charge on any atom is 0.216 e. The second-order valence-corrected chi connectivity index (χ2v) is 6.39. The molecule has 6 nitrogen and oxygen atoms in total. The molecule has 0 saturated heterocycles. The molecule has 1 aromatic heterocycles. The van der Waals surface area contributed by atoms with Crippen LogP contribution < -0.4 is 4.72 Å². The van der Waals surface area contributed by atoms with Gasteiger partial charge in [0.1, 0.15) is 0 Å². The van der Waals surface area contributed by atoms with E-state index in [9.17, 15) is 8.42 Å². The molecule has 0 aliphatic carbocycles. The van der Waals surface area contributed by atoms with Crippen LogP contribution in [0.4, 0.5) is 0 Å². The summed E-state index contributed by atoms with van der Waals surface area (Å²) in [5, 5.41) is 15.6. The van der Waals surface area contributed by atoms with Gasteiger partial charge in [0.05, 0.1) is 18.6 Å². The Balaban J connectivity index is 2.02. The van der Waals surface area contributed by atoms with Crippen LogP contribution in [0.3, 0.4) is 0 Å². The quantitative estimate of drug-likeness (QED) is 0.735. The second-order valence-electron chi connectivity index (χ2n) is 4.58. The Hall–Kier alpha value is -1.70. The summed E-state index contributed by atoms with van der Waals surface area (Å²) in [4.78, 5) is 0. The highest BCUT2D eigenvalue weighted by Crippen LogP contribution is 2.10. The second kappa shape index (κ2) is 6.17. The van der Waals surface area contributed by atoms with E-state index in [1.54, 1.807) is 30.5 Å². The van der Waals surface area contributed by atoms with Gasteiger partial charge in [-0.2, -0.15) is 5.10 Å². The van der Waals surface area contributed by atoms with Crippen molar-refractivity contribution in [1.82, 2.24) is 14.9 Å². The minimum Gasteiger partial charge on any atom is -0.392 e. The van der Waals surface area contributed by atoms with Crippen molar-refractivity contribution in [2.45, 2.75) is 25.8 Å². The molecule has 2 aromatic rings. The Morgan fingerprint density at radius 3 is 2.75 bits per heavy atom. The molecule has 3 N–H and O–H groups in total. The lowest BCUT2D eigenvalue weighted by Crippen LogP contribution is -2.24. The summed E-state index contributed by atoms with van der Waals surface area (Å²) in [5.74, 6) is -0.113. The van der Waals surface area contributed by atoms with Crippen molar-refractivity contribution in [2.75, 3.05) is 0 Å². The molecule has 20 heavy (non-hydrogen) atoms. The molecule has 7 heteroatoms. The Morgan fingerprint density at radius 2 is 2.10 bits per heavy atom. The third-order valence-electron chi connectivity index (χ3n) is 2.95. The van der Waals surface area contributed by atoms with Gasteiger partial charge in [0.15, 0.2) is 0 Å². The Labute approximate surface area is 117 Å². The van der Waals surface area contributed by atoms with E-state index >= 15 is 0 Å². The molecule has 0 fully saturated rings. The fourth-order valence-corrected chi connectivity index (χ4v) is 2.93. The number of hydrogen-bond donors (Lipinski definition) is 3. The van der Waals surface area contributed by atoms with E-state index < -0.39 is 10.0 Å². The molecule has 2 rings (SSSR count). The maximum atomic E-state index is 12.0. The van der Waals surface area contributed by atoms with Crippen LogP contribution in [-0.4, -0.2) is 23.7 Å². The average Bonchev–Trinajstić information content (AvgIpc) is 2.82. The van der Waals surface area contributed by atoms with Gasteiger partial charge < -0.3 is 5.11 Å². The highest BCUT2D eigenvalue weighted by atomic mass is 32.2. The minimum atomic E-state index is -3.43. The molecule has 0 aliphatic rings. The minimum absolute atomic E-state index is 0.102. The molecular weight excluding hydrogens is 278 g/mol. The molecule has 108 valence electrons. The number of sulfonamides is 1. The van der Waals surface area contributed by atoms with E-state index in [2.05, 4.69) is 14.9 Å². The number of nitrogens with one attached hydrogen (secondary N) is 2. The first kappa shape index (κ1) is 14.7. The third kappa shape index (κ3) is 3.89. The molecule has 0 saturated carbocycles. The van der Waals surface area contributed by atoms with Gasteiger partial charge in [-0.15, -0.1) is 0 Å². The predicted molar refractivity (Wildman–Crippen MR) is 75.2 cm³/mol. The zero-order valence-corrected chi connectivity index (χ0v) is 11.9. The summed E-state index contributed by atoms with van der Waals surface area (Å²) in [6.07, 6.45) is 1.60. The van der Waals surface area contributed by atoms with Crippen LogP contribution in [0.1, 0.15) is 22.4 Å². The lowest BCUT2D eigenvalue weighted by Gasteiger charge is -2.07. The fraction of sp³-hybridized carbons (Fsp3) is 0.308. The molecule has 0 amide bonds. The normalized spacial score (nSPS) is 11.7. The smallest absolute Gasteiger partial charge is 0.216 e. The number of rotatable bonds is 6. The molecule has 0 atom stereocenters. The summed E-state index contributed by atoms with van der Waals surface area (Å²) in [7, 11) is -3.43. The van der Waals surface area contributed by atoms with Crippen LogP contribution in [-0.2, 0) is 28.9 Å². The van der Waals surface area contributed by atoms with Crippen LogP contribution in [0.5, 0.6) is 0 Å². The van der Waals surface area contributed by atoms with Crippen LogP contribution in [0.2, 0.25) is 0 Å². The number of aliphatic hydroxyl groups is 1. The first-order valence-corrected chi connectivity index (χ1v) is 7.80. The zero-order valence-electron chi connectivity index (χ0n) is 11.1. The van der Waals surface area contributed by atoms with Crippen molar-refractivity contribution in [3.8, 4) is 0 Å². The van der Waals surface area contributed by atoms with Crippen LogP contribution >= 0.6 is 0 Å². The molecule has 0 bridgehead atoms. The lowest BCUT2D eigenvalue weighted by molar-refractivity contribution is 0.282. The van der Waals surface area contributed by atoms with Crippen LogP contribution in [0.15, 0.2) is 30.5 Å². The van der Waals surface area contributed by atoms with Crippen molar-refractivity contribution in [2.24, 2.45) is 0 Å². The molecule has 0 radical (unpaired) electrons. The van der Waals surface area contributed by atoms with Gasteiger partial charge in [0.25, 0.3) is 0 Å². The highest BCUT2D eigenvalue weighted by Gasteiger charge is 2.12. The number of hydrogen-bond acceptors (Lipinski definition) is 4. The average molecular weight is 295 g/mol. The van der Waals surface area contributed by atoms with E-state index in [1.165, 1.54) is 0 Å². The topological polar surface area (TPSA) is 95.1 Å². The van der Waals surface area contributed by atoms with Gasteiger partial charge in [0.2, 0.25) is 10.0 Å². The summed E-state index contributed by atoms with van der Waals surface area (Å²) in [6, 6.07) is 6.89. The van der Waals surface area contributed by atoms with Gasteiger partial charge in [-0.05, 0) is 18.1 Å². The Bertz CT molecular complexity index is 680. The van der Waals surface area contributed by atoms with Crippen LogP contribution in [0.25, 0.3) is 0 Å². The van der Waals surface area contributed by atoms with Crippen molar-refractivity contribution < 1.29 is 13.5 Å². The molecule has 0 unspecified atom stereocenters. The molecular formula is C13H17N3O3S. The van der Waals surface area contributed by atoms with Gasteiger partial charge >= 0.3 is 0 Å². The number of aliphatic hydroxyl groups excluding tert-OH is 1. The third-order valence-corrected chi connectivity index (χ3v) is 4.25. The number of aryl methyl sites for hydroxylation is 1. The summed E-state index contributed by atoms with van der Waals surface area (Å²) in [6.45, 7) is 1.95. The lowest BCUT2D eigenvalue weighted by atomic mass is 10.1. The summed E-state index contributed by atoms with van der Waals surface area (Å²) >= 11 is 0. The van der Waals surface area contributed by atoms with E-state index in [4.69, 9.17) is 5.11 Å². The highest BCUT2D eigenvalue weighted by molar-refractivity contribution is 7.88. The standard InChI is InChI=1S/C13H17N3O3S/c1-10-13(6-14-16-10)7-15-20(18,19)9-12-4-2-3-11(5-12)8-17/h2-6,15,17H,7-9H2,1H3,(H,14,16). The molecule has 0 spiro atoms. The molecule has 0 aliphatic heterocycles. The van der Waals surface area contributed by atoms with Gasteiger partial charge in [-0.25, -0.2) is 13.1 Å². The first-order valence-electron chi connectivity index (χ1n) is 6.15. The number of aromatic amines is 1. The van der Waals surface area contributed by atoms with Gasteiger partial charge in [-0.1, -0.05) is 24.3 Å². The van der Waals surface area contributed by atoms with Crippen molar-refractivity contribution in [3.63, 3.8) is 0 Å². The number of benzene rings is 1. The monoisotopic (exact) mass is 295 g/mol. The summed E-state index contributed by atoms with van der Waals surface area (Å²) < 4.78 is 26.5. The van der Waals surface area contributed by atoms with Crippen molar-refractivity contribution >= 4 is 10.0 Å². The summed E-state index contributed by atoms with van der Waals surface area (Å²) in [5.41, 5.74) is 3.00. The molecule has 1 aromatic carbocycles. The van der Waals surface area contributed by atoms with E-state index in [-0.39, 0.29) is 18.9 Å². The van der Waals surface area contributed by atoms with Crippen molar-refractivity contribution in [3.05, 3.63) is 52.8 Å². The number of H-pyrrole nitrogens is 1. The van der Waals surface area contributed by atoms with Crippen LogP contribution in [0, 0.1) is 6.92 Å². The Kier molecular flexibility index (Phi) is 4.53. The maximum absolute atomic E-state index is 12.0. The van der Waals surface area contributed by atoms with Crippen molar-refractivity contribution in [1.29, 1.82) is 0 Å². The van der Waals surface area contributed by atoms with E-state index in [0.717, 1.165) is 11.3 Å². The number of nitrogens with zero attached hydrogens (tertiary/aromatic N) is 1. The Morgan fingerprint density at radius 1 is 1.35 bits per heavy atom. The fourth-order valence-electron chi connectivity index (χ4n) is 1.83. The SMILES string of the molecule is Cc1[nH]ncc1CNS(=O)(=O)Cc1cccc(CO)c1. The zero-order chi connectivity index (χ0) is 14.6. The number of aromatic nitrogens is 2. The van der Waals surface area contributed by atoms with E-state index in [0.29, 0.717) is 11.1 Å². The molecule has 1 heterocycles.